The first kappa shape index (κ1) is 12.3. The van der Waals surface area contributed by atoms with E-state index < -0.39 is 0 Å². The van der Waals surface area contributed by atoms with E-state index in [0.29, 0.717) is 0 Å². The molecular formula is C13H24N2S. The Morgan fingerprint density at radius 1 is 1.19 bits per heavy atom. The molecule has 0 spiro atoms. The lowest BCUT2D eigenvalue weighted by Crippen LogP contribution is -2.59. The predicted octanol–water partition coefficient (Wildman–Crippen LogP) is 2.71. The van der Waals surface area contributed by atoms with E-state index in [1.54, 1.807) is 0 Å². The fourth-order valence-electron chi connectivity index (χ4n) is 3.28. The molecule has 0 unspecified atom stereocenters. The lowest BCUT2D eigenvalue weighted by atomic mass is 9.75. The summed E-state index contributed by atoms with van der Waals surface area (Å²) in [5.74, 6) is 0.854. The van der Waals surface area contributed by atoms with Crippen LogP contribution >= 0.6 is 12.2 Å². The molecule has 2 aliphatic rings. The molecule has 3 heteroatoms. The zero-order valence-electron chi connectivity index (χ0n) is 10.4. The van der Waals surface area contributed by atoms with Gasteiger partial charge in [-0.15, -0.1) is 0 Å². The maximum Gasteiger partial charge on any atom is 0.0933 e. The first-order valence-corrected chi connectivity index (χ1v) is 7.11. The Balaban J connectivity index is 2.11. The highest BCUT2D eigenvalue weighted by Crippen LogP contribution is 2.38. The first-order chi connectivity index (χ1) is 7.65. The number of piperidine rings is 1. The van der Waals surface area contributed by atoms with E-state index in [-0.39, 0.29) is 5.54 Å². The molecule has 0 atom stereocenters. The fourth-order valence-corrected chi connectivity index (χ4v) is 3.61. The van der Waals surface area contributed by atoms with Gasteiger partial charge in [0.1, 0.15) is 0 Å². The molecule has 1 heterocycles. The second-order valence-electron chi connectivity index (χ2n) is 5.63. The third-order valence-electron chi connectivity index (χ3n) is 4.52. The highest BCUT2D eigenvalue weighted by Gasteiger charge is 2.42. The fraction of sp³-hybridized carbons (Fsp3) is 0.923. The molecule has 2 N–H and O–H groups in total. The average Bonchev–Trinajstić information content (AvgIpc) is 2.31. The van der Waals surface area contributed by atoms with E-state index in [1.807, 2.05) is 0 Å². The van der Waals surface area contributed by atoms with Gasteiger partial charge in [0.15, 0.2) is 0 Å². The quantitative estimate of drug-likeness (QED) is 0.753. The van der Waals surface area contributed by atoms with E-state index in [4.69, 9.17) is 18.0 Å². The van der Waals surface area contributed by atoms with Crippen molar-refractivity contribution >= 4 is 17.2 Å². The van der Waals surface area contributed by atoms with Crippen LogP contribution in [0.25, 0.3) is 0 Å². The lowest BCUT2D eigenvalue weighted by molar-refractivity contribution is 0.0758. The summed E-state index contributed by atoms with van der Waals surface area (Å²) in [7, 11) is 0. The molecule has 2 fully saturated rings. The Bertz CT molecular complexity index is 251. The summed E-state index contributed by atoms with van der Waals surface area (Å²) in [5.41, 5.74) is 6.14. The van der Waals surface area contributed by atoms with Gasteiger partial charge in [-0.1, -0.05) is 25.6 Å². The molecule has 16 heavy (non-hydrogen) atoms. The second-order valence-corrected chi connectivity index (χ2v) is 6.07. The number of hydrogen-bond acceptors (Lipinski definition) is 2. The smallest absolute Gasteiger partial charge is 0.0933 e. The van der Waals surface area contributed by atoms with E-state index in [9.17, 15) is 0 Å². The molecule has 2 nitrogen and oxygen atoms in total. The average molecular weight is 240 g/mol. The molecular weight excluding hydrogens is 216 g/mol. The van der Waals surface area contributed by atoms with Gasteiger partial charge >= 0.3 is 0 Å². The highest BCUT2D eigenvalue weighted by atomic mass is 32.1. The Labute approximate surface area is 105 Å². The summed E-state index contributed by atoms with van der Waals surface area (Å²) in [6.07, 6.45) is 8.95. The summed E-state index contributed by atoms with van der Waals surface area (Å²) in [6, 6.07) is 0. The number of thiocarbonyl (C=S) groups is 1. The maximum atomic E-state index is 6.07. The van der Waals surface area contributed by atoms with Crippen molar-refractivity contribution in [2.45, 2.75) is 57.4 Å². The second kappa shape index (κ2) is 5.01. The molecule has 1 saturated heterocycles. The molecule has 2 rings (SSSR count). The number of nitrogens with zero attached hydrogens (tertiary/aromatic N) is 1. The van der Waals surface area contributed by atoms with Crippen molar-refractivity contribution in [1.29, 1.82) is 0 Å². The minimum atomic E-state index is 0.0717. The molecule has 1 saturated carbocycles. The molecule has 0 aromatic carbocycles. The predicted molar refractivity (Wildman–Crippen MR) is 72.6 cm³/mol. The number of rotatable bonds is 2. The molecule has 1 aliphatic carbocycles. The van der Waals surface area contributed by atoms with Gasteiger partial charge in [0.2, 0.25) is 0 Å². The normalized spacial score (nSPS) is 37.2. The SMILES string of the molecule is CC1CCC(C(N)=S)(N2CCCCC2)CC1. The highest BCUT2D eigenvalue weighted by molar-refractivity contribution is 7.80. The Kier molecular flexibility index (Phi) is 3.85. The zero-order valence-corrected chi connectivity index (χ0v) is 11.2. The van der Waals surface area contributed by atoms with Crippen LogP contribution in [0.1, 0.15) is 51.9 Å². The largest absolute Gasteiger partial charge is 0.392 e. The van der Waals surface area contributed by atoms with Crippen LogP contribution in [0.2, 0.25) is 0 Å². The Morgan fingerprint density at radius 2 is 1.75 bits per heavy atom. The summed E-state index contributed by atoms with van der Waals surface area (Å²) < 4.78 is 0. The van der Waals surface area contributed by atoms with Gasteiger partial charge < -0.3 is 5.73 Å². The molecule has 0 aromatic heterocycles. The van der Waals surface area contributed by atoms with Crippen molar-refractivity contribution in [3.05, 3.63) is 0 Å². The van der Waals surface area contributed by atoms with Gasteiger partial charge in [0.05, 0.1) is 10.5 Å². The van der Waals surface area contributed by atoms with Crippen molar-refractivity contribution in [1.82, 2.24) is 4.90 Å². The third kappa shape index (κ3) is 2.25. The van der Waals surface area contributed by atoms with Crippen molar-refractivity contribution < 1.29 is 0 Å². The van der Waals surface area contributed by atoms with Crippen LogP contribution < -0.4 is 5.73 Å². The third-order valence-corrected chi connectivity index (χ3v) is 4.90. The van der Waals surface area contributed by atoms with Crippen molar-refractivity contribution in [2.24, 2.45) is 11.7 Å². The lowest BCUT2D eigenvalue weighted by Gasteiger charge is -2.48. The van der Waals surface area contributed by atoms with E-state index >= 15 is 0 Å². The van der Waals surface area contributed by atoms with E-state index in [0.717, 1.165) is 10.9 Å². The van der Waals surface area contributed by atoms with E-state index in [2.05, 4.69) is 11.8 Å². The standard InChI is InChI=1S/C13H24N2S/c1-11-5-7-13(8-6-11,12(14)16)15-9-3-2-4-10-15/h11H,2-10H2,1H3,(H2,14,16). The van der Waals surface area contributed by atoms with Gasteiger partial charge in [-0.2, -0.15) is 0 Å². The van der Waals surface area contributed by atoms with Gasteiger partial charge in [-0.05, 0) is 57.5 Å². The van der Waals surface area contributed by atoms with Crippen LogP contribution in [0.15, 0.2) is 0 Å². The van der Waals surface area contributed by atoms with Gasteiger partial charge in [0.25, 0.3) is 0 Å². The molecule has 0 bridgehead atoms. The van der Waals surface area contributed by atoms with Crippen LogP contribution in [0.3, 0.4) is 0 Å². The Morgan fingerprint density at radius 3 is 2.25 bits per heavy atom. The molecule has 92 valence electrons. The maximum absolute atomic E-state index is 6.07. The number of nitrogens with two attached hydrogens (primary N) is 1. The molecule has 0 radical (unpaired) electrons. The van der Waals surface area contributed by atoms with Gasteiger partial charge in [-0.25, -0.2) is 0 Å². The summed E-state index contributed by atoms with van der Waals surface area (Å²) >= 11 is 5.38. The monoisotopic (exact) mass is 240 g/mol. The molecule has 0 amide bonds. The van der Waals surface area contributed by atoms with E-state index in [1.165, 1.54) is 58.0 Å². The van der Waals surface area contributed by atoms with Gasteiger partial charge in [-0.3, -0.25) is 4.90 Å². The van der Waals surface area contributed by atoms with Crippen molar-refractivity contribution in [2.75, 3.05) is 13.1 Å². The van der Waals surface area contributed by atoms with Crippen LogP contribution in [0.5, 0.6) is 0 Å². The number of likely N-dealkylation sites (tertiary alicyclic amines) is 1. The van der Waals surface area contributed by atoms with Crippen LogP contribution in [0, 0.1) is 5.92 Å². The minimum Gasteiger partial charge on any atom is -0.392 e. The van der Waals surface area contributed by atoms with Crippen molar-refractivity contribution in [3.63, 3.8) is 0 Å². The summed E-state index contributed by atoms with van der Waals surface area (Å²) in [6.45, 7) is 4.75. The molecule has 0 aromatic rings. The zero-order chi connectivity index (χ0) is 11.6. The van der Waals surface area contributed by atoms with Crippen LogP contribution in [0.4, 0.5) is 0 Å². The topological polar surface area (TPSA) is 29.3 Å². The van der Waals surface area contributed by atoms with Gasteiger partial charge in [0, 0.05) is 0 Å². The summed E-state index contributed by atoms with van der Waals surface area (Å²) in [5, 5.41) is 0. The summed E-state index contributed by atoms with van der Waals surface area (Å²) in [4.78, 5) is 3.34. The first-order valence-electron chi connectivity index (χ1n) is 6.70. The Hall–Kier alpha value is -0.150. The van der Waals surface area contributed by atoms with Crippen LogP contribution in [-0.4, -0.2) is 28.5 Å². The van der Waals surface area contributed by atoms with Crippen molar-refractivity contribution in [3.8, 4) is 0 Å². The number of hydrogen-bond donors (Lipinski definition) is 1. The minimum absolute atomic E-state index is 0.0717. The molecule has 1 aliphatic heterocycles. The van der Waals surface area contributed by atoms with Crippen LogP contribution in [-0.2, 0) is 0 Å².